The number of Topliss-reactive ketones (excluding diaryl/α,β-unsaturated/α-hetero) is 1. The van der Waals surface area contributed by atoms with E-state index in [-0.39, 0.29) is 24.1 Å². The second kappa shape index (κ2) is 4.74. The number of carbonyl (C=O) groups is 3. The topological polar surface area (TPSA) is 60.4 Å². The summed E-state index contributed by atoms with van der Waals surface area (Å²) >= 11 is 0. The standard InChI is InChI=1S/C9H14O4/c1-9(2,3)4-7(12)8(5-10)13-6-11/h5-6,8H,4H2,1-3H3. The van der Waals surface area contributed by atoms with Crippen LogP contribution in [0, 0.1) is 5.41 Å². The fraction of sp³-hybridized carbons (Fsp3) is 0.667. The van der Waals surface area contributed by atoms with Crippen LogP contribution in [0.1, 0.15) is 27.2 Å². The molecule has 0 amide bonds. The summed E-state index contributed by atoms with van der Waals surface area (Å²) in [6, 6.07) is 0. The quantitative estimate of drug-likeness (QED) is 0.469. The van der Waals surface area contributed by atoms with E-state index in [4.69, 9.17) is 0 Å². The molecule has 4 nitrogen and oxygen atoms in total. The lowest BCUT2D eigenvalue weighted by atomic mass is 9.88. The summed E-state index contributed by atoms with van der Waals surface area (Å²) in [5.41, 5.74) is -0.204. The van der Waals surface area contributed by atoms with Gasteiger partial charge in [0.25, 0.3) is 6.47 Å². The molecule has 0 spiro atoms. The third-order valence-corrected chi connectivity index (χ3v) is 1.35. The monoisotopic (exact) mass is 186 g/mol. The van der Waals surface area contributed by atoms with Crippen LogP contribution in [0.15, 0.2) is 0 Å². The smallest absolute Gasteiger partial charge is 0.294 e. The van der Waals surface area contributed by atoms with E-state index in [0.29, 0.717) is 6.29 Å². The molecular formula is C9H14O4. The third kappa shape index (κ3) is 5.11. The molecule has 0 bridgehead atoms. The van der Waals surface area contributed by atoms with Gasteiger partial charge in [-0.3, -0.25) is 14.4 Å². The van der Waals surface area contributed by atoms with Crippen molar-refractivity contribution in [2.45, 2.75) is 33.3 Å². The molecule has 0 aromatic heterocycles. The number of aldehydes is 1. The van der Waals surface area contributed by atoms with E-state index in [0.717, 1.165) is 0 Å². The molecule has 0 aromatic rings. The lowest BCUT2D eigenvalue weighted by molar-refractivity contribution is -0.148. The van der Waals surface area contributed by atoms with Crippen molar-refractivity contribution in [1.82, 2.24) is 0 Å². The molecule has 74 valence electrons. The molecule has 0 heterocycles. The first kappa shape index (κ1) is 11.8. The van der Waals surface area contributed by atoms with Crippen molar-refractivity contribution in [3.63, 3.8) is 0 Å². The molecule has 0 aliphatic heterocycles. The van der Waals surface area contributed by atoms with Gasteiger partial charge in [-0.05, 0) is 5.41 Å². The Morgan fingerprint density at radius 1 is 1.38 bits per heavy atom. The van der Waals surface area contributed by atoms with E-state index in [9.17, 15) is 14.4 Å². The highest BCUT2D eigenvalue weighted by Gasteiger charge is 2.24. The summed E-state index contributed by atoms with van der Waals surface area (Å²) in [7, 11) is 0. The molecular weight excluding hydrogens is 172 g/mol. The number of hydrogen-bond donors (Lipinski definition) is 0. The van der Waals surface area contributed by atoms with Crippen molar-refractivity contribution < 1.29 is 19.1 Å². The first-order valence-corrected chi connectivity index (χ1v) is 3.98. The first-order chi connectivity index (χ1) is 5.90. The predicted molar refractivity (Wildman–Crippen MR) is 46.1 cm³/mol. The summed E-state index contributed by atoms with van der Waals surface area (Å²) in [6.45, 7) is 5.72. The van der Waals surface area contributed by atoms with Crippen LogP contribution in [-0.4, -0.2) is 24.6 Å². The summed E-state index contributed by atoms with van der Waals surface area (Å²) in [4.78, 5) is 31.5. The highest BCUT2D eigenvalue weighted by Crippen LogP contribution is 2.19. The van der Waals surface area contributed by atoms with Gasteiger partial charge in [-0.2, -0.15) is 0 Å². The largest absolute Gasteiger partial charge is 0.449 e. The molecule has 0 aromatic carbocycles. The van der Waals surface area contributed by atoms with Crippen LogP contribution in [0.4, 0.5) is 0 Å². The zero-order chi connectivity index (χ0) is 10.5. The molecule has 0 saturated heterocycles. The maximum Gasteiger partial charge on any atom is 0.294 e. The summed E-state index contributed by atoms with van der Waals surface area (Å²) < 4.78 is 4.30. The van der Waals surface area contributed by atoms with Gasteiger partial charge < -0.3 is 4.74 Å². The molecule has 1 unspecified atom stereocenters. The Hall–Kier alpha value is -1.19. The molecule has 13 heavy (non-hydrogen) atoms. The highest BCUT2D eigenvalue weighted by atomic mass is 16.5. The van der Waals surface area contributed by atoms with Crippen molar-refractivity contribution in [3.8, 4) is 0 Å². The molecule has 0 N–H and O–H groups in total. The molecule has 4 heteroatoms. The van der Waals surface area contributed by atoms with Gasteiger partial charge in [0.05, 0.1) is 0 Å². The van der Waals surface area contributed by atoms with Crippen molar-refractivity contribution >= 4 is 18.5 Å². The summed E-state index contributed by atoms with van der Waals surface area (Å²) in [5.74, 6) is -0.366. The van der Waals surface area contributed by atoms with Crippen LogP contribution in [-0.2, 0) is 19.1 Å². The van der Waals surface area contributed by atoms with Crippen LogP contribution < -0.4 is 0 Å². The molecule has 0 fully saturated rings. The van der Waals surface area contributed by atoms with Gasteiger partial charge >= 0.3 is 0 Å². The SMILES string of the molecule is CC(C)(C)CC(=O)C(C=O)OC=O. The Morgan fingerprint density at radius 2 is 1.92 bits per heavy atom. The van der Waals surface area contributed by atoms with Crippen LogP contribution in [0.3, 0.4) is 0 Å². The van der Waals surface area contributed by atoms with Gasteiger partial charge in [0, 0.05) is 6.42 Å². The van der Waals surface area contributed by atoms with Crippen molar-refractivity contribution in [2.24, 2.45) is 5.41 Å². The maximum absolute atomic E-state index is 11.3. The normalized spacial score (nSPS) is 13.2. The molecule has 0 aliphatic carbocycles. The van der Waals surface area contributed by atoms with Crippen LogP contribution in [0.25, 0.3) is 0 Å². The molecule has 0 radical (unpaired) electrons. The average Bonchev–Trinajstić information content (AvgIpc) is 1.96. The number of ether oxygens (including phenoxy) is 1. The first-order valence-electron chi connectivity index (χ1n) is 3.98. The number of ketones is 1. The van der Waals surface area contributed by atoms with Gasteiger partial charge in [-0.25, -0.2) is 0 Å². The maximum atomic E-state index is 11.3. The lowest BCUT2D eigenvalue weighted by Crippen LogP contribution is -2.28. The Morgan fingerprint density at radius 3 is 2.23 bits per heavy atom. The Kier molecular flexibility index (Phi) is 4.31. The molecule has 0 rings (SSSR count). The predicted octanol–water partition coefficient (Wildman–Crippen LogP) is 0.732. The highest BCUT2D eigenvalue weighted by molar-refractivity contribution is 5.97. The molecule has 0 aliphatic rings. The van der Waals surface area contributed by atoms with E-state index < -0.39 is 6.10 Å². The van der Waals surface area contributed by atoms with E-state index in [1.807, 2.05) is 20.8 Å². The Balaban J connectivity index is 4.22. The van der Waals surface area contributed by atoms with Crippen LogP contribution >= 0.6 is 0 Å². The minimum Gasteiger partial charge on any atom is -0.449 e. The number of carbonyl (C=O) groups excluding carboxylic acids is 3. The zero-order valence-corrected chi connectivity index (χ0v) is 8.07. The van der Waals surface area contributed by atoms with Gasteiger partial charge in [0.15, 0.2) is 12.1 Å². The van der Waals surface area contributed by atoms with Crippen molar-refractivity contribution in [2.75, 3.05) is 0 Å². The minimum atomic E-state index is -1.24. The molecule has 0 saturated carbocycles. The van der Waals surface area contributed by atoms with Gasteiger partial charge in [-0.15, -0.1) is 0 Å². The summed E-state index contributed by atoms with van der Waals surface area (Å²) in [6.07, 6.45) is -0.691. The fourth-order valence-corrected chi connectivity index (χ4v) is 0.867. The van der Waals surface area contributed by atoms with E-state index in [1.54, 1.807) is 0 Å². The second-order valence-electron chi connectivity index (χ2n) is 3.99. The number of rotatable bonds is 5. The number of hydrogen-bond acceptors (Lipinski definition) is 4. The fourth-order valence-electron chi connectivity index (χ4n) is 0.867. The Bertz CT molecular complexity index is 202. The van der Waals surface area contributed by atoms with Crippen LogP contribution in [0.5, 0.6) is 0 Å². The van der Waals surface area contributed by atoms with Crippen molar-refractivity contribution in [1.29, 1.82) is 0 Å². The van der Waals surface area contributed by atoms with Gasteiger partial charge in [-0.1, -0.05) is 20.8 Å². The van der Waals surface area contributed by atoms with Crippen molar-refractivity contribution in [3.05, 3.63) is 0 Å². The van der Waals surface area contributed by atoms with E-state index in [2.05, 4.69) is 4.74 Å². The van der Waals surface area contributed by atoms with E-state index in [1.165, 1.54) is 0 Å². The minimum absolute atomic E-state index is 0.111. The van der Waals surface area contributed by atoms with Gasteiger partial charge in [0.1, 0.15) is 0 Å². The average molecular weight is 186 g/mol. The van der Waals surface area contributed by atoms with E-state index >= 15 is 0 Å². The Labute approximate surface area is 77.3 Å². The third-order valence-electron chi connectivity index (χ3n) is 1.35. The summed E-state index contributed by atoms with van der Waals surface area (Å²) in [5, 5.41) is 0. The van der Waals surface area contributed by atoms with Crippen LogP contribution in [0.2, 0.25) is 0 Å². The second-order valence-corrected chi connectivity index (χ2v) is 3.99. The zero-order valence-electron chi connectivity index (χ0n) is 8.07. The van der Waals surface area contributed by atoms with Gasteiger partial charge in [0.2, 0.25) is 6.10 Å². The molecule has 1 atom stereocenters. The lowest BCUT2D eigenvalue weighted by Gasteiger charge is -2.18.